The van der Waals surface area contributed by atoms with E-state index in [2.05, 4.69) is 28.3 Å². The van der Waals surface area contributed by atoms with E-state index in [4.69, 9.17) is 0 Å². The summed E-state index contributed by atoms with van der Waals surface area (Å²) in [5.41, 5.74) is 3.97. The lowest BCUT2D eigenvalue weighted by Gasteiger charge is -2.06. The molecular formula is C11H12N4OS. The number of aromatic hydroxyl groups is 1. The van der Waals surface area contributed by atoms with Gasteiger partial charge in [-0.3, -0.25) is 0 Å². The monoisotopic (exact) mass is 248 g/mol. The van der Waals surface area contributed by atoms with Crippen LogP contribution in [-0.4, -0.2) is 27.0 Å². The number of nitrogens with zero attached hydrogens (tertiary/aromatic N) is 3. The topological polar surface area (TPSA) is 62.4 Å². The molecule has 0 aliphatic carbocycles. The van der Waals surface area contributed by atoms with Gasteiger partial charge in [-0.05, 0) is 18.2 Å². The third-order valence-electron chi connectivity index (χ3n) is 2.21. The number of nitrogens with one attached hydrogen (secondary N) is 1. The fourth-order valence-corrected chi connectivity index (χ4v) is 1.73. The van der Waals surface area contributed by atoms with E-state index in [9.17, 15) is 5.11 Å². The molecule has 0 spiro atoms. The van der Waals surface area contributed by atoms with Crippen LogP contribution in [0.2, 0.25) is 0 Å². The van der Waals surface area contributed by atoms with Gasteiger partial charge in [-0.1, -0.05) is 0 Å². The Labute approximate surface area is 104 Å². The largest absolute Gasteiger partial charge is 0.507 e. The Balaban J connectivity index is 2.39. The van der Waals surface area contributed by atoms with Gasteiger partial charge in [-0.25, -0.2) is 4.68 Å². The van der Waals surface area contributed by atoms with Gasteiger partial charge in [0.15, 0.2) is 0 Å². The van der Waals surface area contributed by atoms with E-state index < -0.39 is 0 Å². The van der Waals surface area contributed by atoms with Crippen LogP contribution in [0.1, 0.15) is 5.56 Å². The number of benzene rings is 1. The van der Waals surface area contributed by atoms with E-state index in [1.165, 1.54) is 0 Å². The molecule has 2 N–H and O–H groups in total. The van der Waals surface area contributed by atoms with E-state index in [0.717, 1.165) is 5.69 Å². The highest BCUT2D eigenvalue weighted by atomic mass is 32.1. The summed E-state index contributed by atoms with van der Waals surface area (Å²) in [6.07, 6.45) is 3.48. The predicted octanol–water partition coefficient (Wildman–Crippen LogP) is 1.39. The van der Waals surface area contributed by atoms with Crippen molar-refractivity contribution in [3.8, 4) is 11.4 Å². The Morgan fingerprint density at radius 3 is 2.94 bits per heavy atom. The number of phenolic OH excluding ortho intramolecular Hbond substituents is 1. The molecule has 1 aromatic heterocycles. The molecule has 0 bridgehead atoms. The Morgan fingerprint density at radius 2 is 2.35 bits per heavy atom. The Kier molecular flexibility index (Phi) is 3.34. The number of hydrogen-bond donors (Lipinski definition) is 3. The zero-order valence-corrected chi connectivity index (χ0v) is 10.1. The number of hydrazone groups is 1. The molecule has 1 aromatic carbocycles. The third-order valence-corrected chi connectivity index (χ3v) is 2.55. The second-order valence-electron chi connectivity index (χ2n) is 3.31. The van der Waals surface area contributed by atoms with Gasteiger partial charge >= 0.3 is 0 Å². The summed E-state index contributed by atoms with van der Waals surface area (Å²) in [5.74, 6) is 0.113. The first kappa shape index (κ1) is 11.5. The van der Waals surface area contributed by atoms with Crippen LogP contribution in [0.4, 0.5) is 0 Å². The molecule has 0 aliphatic heterocycles. The first-order valence-electron chi connectivity index (χ1n) is 4.99. The average Bonchev–Trinajstić information content (AvgIpc) is 2.82. The maximum Gasteiger partial charge on any atom is 0.127 e. The third kappa shape index (κ3) is 2.42. The second kappa shape index (κ2) is 4.92. The van der Waals surface area contributed by atoms with Crippen molar-refractivity contribution in [1.82, 2.24) is 15.2 Å². The number of aromatic nitrogens is 2. The molecule has 0 saturated heterocycles. The van der Waals surface area contributed by atoms with Crippen molar-refractivity contribution < 1.29 is 5.11 Å². The molecule has 5 nitrogen and oxygen atoms in total. The van der Waals surface area contributed by atoms with Gasteiger partial charge in [0.05, 0.1) is 11.3 Å². The van der Waals surface area contributed by atoms with Crippen LogP contribution in [0, 0.1) is 0 Å². The minimum absolute atomic E-state index is 0.113. The molecule has 0 radical (unpaired) electrons. The first-order valence-corrected chi connectivity index (χ1v) is 5.44. The number of hydrogen-bond acceptors (Lipinski definition) is 4. The van der Waals surface area contributed by atoms with Crippen LogP contribution in [0.25, 0.3) is 5.69 Å². The molecule has 2 aromatic rings. The molecule has 88 valence electrons. The Hall–Kier alpha value is -1.95. The lowest BCUT2D eigenvalue weighted by Crippen LogP contribution is -2.02. The van der Waals surface area contributed by atoms with Gasteiger partial charge in [-0.15, -0.1) is 12.6 Å². The van der Waals surface area contributed by atoms with Crippen molar-refractivity contribution in [3.05, 3.63) is 42.2 Å². The molecule has 6 heteroatoms. The van der Waals surface area contributed by atoms with E-state index >= 15 is 0 Å². The van der Waals surface area contributed by atoms with Crippen LogP contribution >= 0.6 is 12.6 Å². The molecule has 0 amide bonds. The van der Waals surface area contributed by atoms with Crippen LogP contribution < -0.4 is 5.43 Å². The molecule has 2 rings (SSSR count). The maximum absolute atomic E-state index is 9.89. The van der Waals surface area contributed by atoms with Crippen LogP contribution in [0.15, 0.2) is 41.8 Å². The normalized spacial score (nSPS) is 11.5. The SMILES string of the molecule is CN/N=C(\S)c1ccc(-n2cccn2)cc1O. The molecule has 1 heterocycles. The summed E-state index contributed by atoms with van der Waals surface area (Å²) in [7, 11) is 1.67. The van der Waals surface area contributed by atoms with Crippen molar-refractivity contribution in [2.75, 3.05) is 7.05 Å². The zero-order valence-electron chi connectivity index (χ0n) is 9.20. The molecule has 0 fully saturated rings. The summed E-state index contributed by atoms with van der Waals surface area (Å²) in [6.45, 7) is 0. The van der Waals surface area contributed by atoms with Gasteiger partial charge in [0.25, 0.3) is 0 Å². The molecule has 0 saturated carbocycles. The molecule has 0 aliphatic rings. The van der Waals surface area contributed by atoms with E-state index in [0.29, 0.717) is 10.6 Å². The summed E-state index contributed by atoms with van der Waals surface area (Å²) >= 11 is 4.18. The fourth-order valence-electron chi connectivity index (χ4n) is 1.44. The smallest absolute Gasteiger partial charge is 0.127 e. The summed E-state index contributed by atoms with van der Waals surface area (Å²) in [6, 6.07) is 7.01. The van der Waals surface area contributed by atoms with Crippen LogP contribution in [0.5, 0.6) is 5.75 Å². The molecular weight excluding hydrogens is 236 g/mol. The van der Waals surface area contributed by atoms with E-state index in [-0.39, 0.29) is 5.75 Å². The van der Waals surface area contributed by atoms with E-state index in [1.54, 1.807) is 36.3 Å². The Bertz CT molecular complexity index is 536. The highest BCUT2D eigenvalue weighted by molar-refractivity contribution is 7.97. The maximum atomic E-state index is 9.89. The number of thiol groups is 1. The molecule has 0 atom stereocenters. The fraction of sp³-hybridized carbons (Fsp3) is 0.0909. The summed E-state index contributed by atoms with van der Waals surface area (Å²) in [5, 5.41) is 18.3. The lowest BCUT2D eigenvalue weighted by atomic mass is 10.2. The molecule has 0 unspecified atom stereocenters. The van der Waals surface area contributed by atoms with Gasteiger partial charge in [0.2, 0.25) is 0 Å². The average molecular weight is 248 g/mol. The van der Waals surface area contributed by atoms with Crippen molar-refractivity contribution in [2.45, 2.75) is 0 Å². The van der Waals surface area contributed by atoms with Crippen molar-refractivity contribution >= 4 is 17.7 Å². The van der Waals surface area contributed by atoms with Crippen molar-refractivity contribution in [3.63, 3.8) is 0 Å². The quantitative estimate of drug-likeness (QED) is 0.333. The summed E-state index contributed by atoms with van der Waals surface area (Å²) in [4.78, 5) is 0. The minimum atomic E-state index is 0.113. The lowest BCUT2D eigenvalue weighted by molar-refractivity contribution is 0.474. The number of rotatable bonds is 3. The van der Waals surface area contributed by atoms with Gasteiger partial charge in [0.1, 0.15) is 10.8 Å². The highest BCUT2D eigenvalue weighted by Gasteiger charge is 2.07. The standard InChI is InChI=1S/C11H12N4OS/c1-12-14-11(17)9-4-3-8(7-10(9)16)15-6-2-5-13-15/h2-7,12,16H,1H3,(H,14,17). The first-order chi connectivity index (χ1) is 8.22. The predicted molar refractivity (Wildman–Crippen MR) is 69.8 cm³/mol. The highest BCUT2D eigenvalue weighted by Crippen LogP contribution is 2.22. The Morgan fingerprint density at radius 1 is 1.53 bits per heavy atom. The second-order valence-corrected chi connectivity index (χ2v) is 3.73. The van der Waals surface area contributed by atoms with Gasteiger partial charge < -0.3 is 10.5 Å². The molecule has 17 heavy (non-hydrogen) atoms. The van der Waals surface area contributed by atoms with Gasteiger partial charge in [0, 0.05) is 25.5 Å². The van der Waals surface area contributed by atoms with Crippen LogP contribution in [-0.2, 0) is 0 Å². The zero-order chi connectivity index (χ0) is 12.3. The minimum Gasteiger partial charge on any atom is -0.507 e. The van der Waals surface area contributed by atoms with E-state index in [1.807, 2.05) is 12.1 Å². The van der Waals surface area contributed by atoms with Gasteiger partial charge in [-0.2, -0.15) is 10.2 Å². The van der Waals surface area contributed by atoms with Crippen molar-refractivity contribution in [1.29, 1.82) is 0 Å². The van der Waals surface area contributed by atoms with Crippen molar-refractivity contribution in [2.24, 2.45) is 5.10 Å². The number of phenols is 1. The summed E-state index contributed by atoms with van der Waals surface area (Å²) < 4.78 is 1.66. The van der Waals surface area contributed by atoms with Crippen LogP contribution in [0.3, 0.4) is 0 Å².